The number of carbonyl (C=O) groups excluding carboxylic acids is 1. The van der Waals surface area contributed by atoms with E-state index >= 15 is 0 Å². The number of benzene rings is 2. The number of nitro groups is 1. The fourth-order valence-electron chi connectivity index (χ4n) is 3.82. The Kier molecular flexibility index (Phi) is 6.42. The Morgan fingerprint density at radius 2 is 1.94 bits per heavy atom. The minimum Gasteiger partial charge on any atom is -0.497 e. The smallest absolute Gasteiger partial charge is 0.338 e. The molecule has 1 atom stereocenters. The van der Waals surface area contributed by atoms with Crippen molar-refractivity contribution in [1.82, 2.24) is 4.57 Å². The van der Waals surface area contributed by atoms with Crippen molar-refractivity contribution in [3.05, 3.63) is 101 Å². The molecule has 1 unspecified atom stereocenters. The van der Waals surface area contributed by atoms with Gasteiger partial charge in [-0.05, 0) is 43.7 Å². The molecule has 0 bridgehead atoms. The summed E-state index contributed by atoms with van der Waals surface area (Å²) in [6.45, 7) is 3.41. The van der Waals surface area contributed by atoms with Crippen molar-refractivity contribution in [3.63, 3.8) is 0 Å². The molecule has 2 aromatic carbocycles. The van der Waals surface area contributed by atoms with E-state index in [1.54, 1.807) is 51.3 Å². The first-order valence-electron chi connectivity index (χ1n) is 10.4. The zero-order chi connectivity index (χ0) is 24.4. The predicted molar refractivity (Wildman–Crippen MR) is 126 cm³/mol. The van der Waals surface area contributed by atoms with Gasteiger partial charge >= 0.3 is 5.97 Å². The summed E-state index contributed by atoms with van der Waals surface area (Å²) in [6, 6.07) is 12.2. The van der Waals surface area contributed by atoms with E-state index in [4.69, 9.17) is 9.47 Å². The summed E-state index contributed by atoms with van der Waals surface area (Å²) < 4.78 is 12.1. The molecule has 0 saturated carbocycles. The molecule has 1 aromatic heterocycles. The van der Waals surface area contributed by atoms with Crippen LogP contribution in [0.5, 0.6) is 5.75 Å². The second-order valence-corrected chi connectivity index (χ2v) is 8.40. The van der Waals surface area contributed by atoms with Crippen LogP contribution in [0.2, 0.25) is 0 Å². The van der Waals surface area contributed by atoms with Gasteiger partial charge in [-0.15, -0.1) is 0 Å². The number of nitro benzene ring substituents is 1. The summed E-state index contributed by atoms with van der Waals surface area (Å²) in [5.41, 5.74) is 0.820. The minimum absolute atomic E-state index is 0.0968. The topological polar surface area (TPSA) is 113 Å². The predicted octanol–water partition coefficient (Wildman–Crippen LogP) is 2.72. The fourth-order valence-corrected chi connectivity index (χ4v) is 4.87. The number of fused-ring (bicyclic) bond motifs is 1. The van der Waals surface area contributed by atoms with Gasteiger partial charge in [0.1, 0.15) is 11.8 Å². The molecular formula is C24H21N3O6S. The van der Waals surface area contributed by atoms with E-state index in [1.807, 2.05) is 12.1 Å². The number of nitrogens with zero attached hydrogens (tertiary/aromatic N) is 3. The van der Waals surface area contributed by atoms with Crippen LogP contribution in [0.1, 0.15) is 31.0 Å². The molecule has 0 spiro atoms. The van der Waals surface area contributed by atoms with Crippen molar-refractivity contribution in [1.29, 1.82) is 0 Å². The average Bonchev–Trinajstić information content (AvgIpc) is 3.13. The minimum atomic E-state index is -1.05. The third-order valence-corrected chi connectivity index (χ3v) is 6.34. The SMILES string of the molecule is CCOC(=O)C1=C(C)N=c2sc(=Cc3ccc(OC)cc3)c(=O)n2C1c1ccccc1[N+](=O)[O-]. The van der Waals surface area contributed by atoms with Gasteiger partial charge in [-0.25, -0.2) is 9.79 Å². The molecular weight excluding hydrogens is 458 g/mol. The Morgan fingerprint density at radius 1 is 1.24 bits per heavy atom. The molecule has 3 aromatic rings. The largest absolute Gasteiger partial charge is 0.497 e. The highest BCUT2D eigenvalue weighted by molar-refractivity contribution is 7.07. The van der Waals surface area contributed by atoms with Gasteiger partial charge in [0.05, 0.1) is 40.0 Å². The molecule has 1 aliphatic heterocycles. The van der Waals surface area contributed by atoms with Crippen molar-refractivity contribution in [2.24, 2.45) is 4.99 Å². The highest BCUT2D eigenvalue weighted by atomic mass is 32.1. The lowest BCUT2D eigenvalue weighted by Crippen LogP contribution is -2.40. The fraction of sp³-hybridized carbons (Fsp3) is 0.208. The lowest BCUT2D eigenvalue weighted by atomic mass is 9.94. The van der Waals surface area contributed by atoms with Crippen LogP contribution >= 0.6 is 11.3 Å². The van der Waals surface area contributed by atoms with Gasteiger partial charge in [0.15, 0.2) is 4.80 Å². The van der Waals surface area contributed by atoms with Gasteiger partial charge in [-0.3, -0.25) is 19.5 Å². The highest BCUT2D eigenvalue weighted by Crippen LogP contribution is 2.35. The summed E-state index contributed by atoms with van der Waals surface area (Å²) in [5.74, 6) is 0.0148. The molecule has 10 heteroatoms. The molecule has 0 fully saturated rings. The molecule has 34 heavy (non-hydrogen) atoms. The maximum Gasteiger partial charge on any atom is 0.338 e. The Balaban J connectivity index is 1.98. The monoisotopic (exact) mass is 479 g/mol. The number of esters is 1. The van der Waals surface area contributed by atoms with Crippen molar-refractivity contribution < 1.29 is 19.2 Å². The van der Waals surface area contributed by atoms with Crippen molar-refractivity contribution in [2.45, 2.75) is 19.9 Å². The van der Waals surface area contributed by atoms with Gasteiger partial charge in [-0.1, -0.05) is 35.6 Å². The first-order valence-corrected chi connectivity index (χ1v) is 11.2. The molecule has 0 amide bonds. The van der Waals surface area contributed by atoms with Crippen LogP contribution in [0.15, 0.2) is 69.6 Å². The van der Waals surface area contributed by atoms with E-state index in [9.17, 15) is 19.7 Å². The van der Waals surface area contributed by atoms with Crippen molar-refractivity contribution >= 4 is 29.1 Å². The lowest BCUT2D eigenvalue weighted by molar-refractivity contribution is -0.385. The molecule has 0 N–H and O–H groups in total. The number of rotatable bonds is 6. The lowest BCUT2D eigenvalue weighted by Gasteiger charge is -2.24. The van der Waals surface area contributed by atoms with Gasteiger partial charge in [0.2, 0.25) is 0 Å². The van der Waals surface area contributed by atoms with E-state index in [1.165, 1.54) is 16.7 Å². The third-order valence-electron chi connectivity index (χ3n) is 5.36. The Labute approximate surface area is 198 Å². The van der Waals surface area contributed by atoms with E-state index in [0.717, 1.165) is 16.9 Å². The Hall–Kier alpha value is -4.05. The molecule has 4 rings (SSSR count). The summed E-state index contributed by atoms with van der Waals surface area (Å²) in [4.78, 5) is 42.6. The van der Waals surface area contributed by atoms with Gasteiger partial charge in [0.25, 0.3) is 11.2 Å². The quantitative estimate of drug-likeness (QED) is 0.305. The second kappa shape index (κ2) is 9.44. The number of ether oxygens (including phenoxy) is 2. The van der Waals surface area contributed by atoms with Gasteiger partial charge < -0.3 is 9.47 Å². The van der Waals surface area contributed by atoms with Crippen LogP contribution in [-0.2, 0) is 9.53 Å². The zero-order valence-electron chi connectivity index (χ0n) is 18.7. The zero-order valence-corrected chi connectivity index (χ0v) is 19.5. The molecule has 0 radical (unpaired) electrons. The maximum absolute atomic E-state index is 13.6. The number of allylic oxidation sites excluding steroid dienone is 1. The van der Waals surface area contributed by atoms with Gasteiger partial charge in [-0.2, -0.15) is 0 Å². The number of hydrogen-bond acceptors (Lipinski definition) is 8. The van der Waals surface area contributed by atoms with Crippen LogP contribution in [0.25, 0.3) is 6.08 Å². The molecule has 174 valence electrons. The Bertz CT molecular complexity index is 1480. The van der Waals surface area contributed by atoms with Crippen LogP contribution in [0.3, 0.4) is 0 Å². The van der Waals surface area contributed by atoms with Gasteiger partial charge in [0, 0.05) is 6.07 Å². The molecule has 9 nitrogen and oxygen atoms in total. The van der Waals surface area contributed by atoms with E-state index in [0.29, 0.717) is 20.8 Å². The first-order chi connectivity index (χ1) is 16.3. The van der Waals surface area contributed by atoms with Crippen LogP contribution in [0.4, 0.5) is 5.69 Å². The highest BCUT2D eigenvalue weighted by Gasteiger charge is 2.36. The molecule has 0 saturated heterocycles. The average molecular weight is 480 g/mol. The number of methoxy groups -OCH3 is 1. The number of para-hydroxylation sites is 1. The third kappa shape index (κ3) is 4.15. The van der Waals surface area contributed by atoms with Crippen molar-refractivity contribution in [3.8, 4) is 5.75 Å². The summed E-state index contributed by atoms with van der Waals surface area (Å²) in [5, 5.41) is 11.8. The van der Waals surface area contributed by atoms with E-state index in [-0.39, 0.29) is 23.4 Å². The van der Waals surface area contributed by atoms with Crippen molar-refractivity contribution in [2.75, 3.05) is 13.7 Å². The molecule has 1 aliphatic rings. The number of carbonyl (C=O) groups is 1. The Morgan fingerprint density at radius 3 is 2.59 bits per heavy atom. The summed E-state index contributed by atoms with van der Waals surface area (Å²) in [7, 11) is 1.57. The summed E-state index contributed by atoms with van der Waals surface area (Å²) >= 11 is 1.15. The second-order valence-electron chi connectivity index (χ2n) is 7.39. The van der Waals surface area contributed by atoms with Crippen LogP contribution in [0, 0.1) is 10.1 Å². The molecule has 2 heterocycles. The van der Waals surface area contributed by atoms with E-state index < -0.39 is 22.5 Å². The number of hydrogen-bond donors (Lipinski definition) is 0. The normalized spacial score (nSPS) is 15.5. The summed E-state index contributed by atoms with van der Waals surface area (Å²) in [6.07, 6.45) is 1.71. The number of thiazole rings is 1. The van der Waals surface area contributed by atoms with E-state index in [2.05, 4.69) is 4.99 Å². The van der Waals surface area contributed by atoms with Crippen LogP contribution in [-0.4, -0.2) is 29.2 Å². The number of aromatic nitrogens is 1. The van der Waals surface area contributed by atoms with Crippen LogP contribution < -0.4 is 19.6 Å². The standard InChI is InChI=1S/C24H21N3O6S/c1-4-33-23(29)20-14(2)25-24-26(21(20)17-7-5-6-8-18(17)27(30)31)22(28)19(34-24)13-15-9-11-16(32-3)12-10-15/h5-13,21H,4H2,1-3H3. The first kappa shape index (κ1) is 23.1. The maximum atomic E-state index is 13.6. The molecule has 0 aliphatic carbocycles.